The summed E-state index contributed by atoms with van der Waals surface area (Å²) in [7, 11) is 0. The van der Waals surface area contributed by atoms with Crippen molar-refractivity contribution in [1.29, 1.82) is 0 Å². The van der Waals surface area contributed by atoms with E-state index in [1.54, 1.807) is 0 Å². The molecule has 0 saturated carbocycles. The van der Waals surface area contributed by atoms with Crippen LogP contribution in [-0.4, -0.2) is 9.97 Å². The highest BCUT2D eigenvalue weighted by molar-refractivity contribution is 7.25. The Morgan fingerprint density at radius 3 is 1.35 bits per heavy atom. The van der Waals surface area contributed by atoms with E-state index < -0.39 is 5.41 Å². The number of rotatable bonds is 5. The first-order chi connectivity index (χ1) is 33.7. The molecule has 0 amide bonds. The fourth-order valence-electron chi connectivity index (χ4n) is 11.3. The van der Waals surface area contributed by atoms with Crippen LogP contribution in [0.1, 0.15) is 22.3 Å². The third-order valence-corrected chi connectivity index (χ3v) is 15.5. The first-order valence-corrected chi connectivity index (χ1v) is 24.1. The van der Waals surface area contributed by atoms with Crippen molar-refractivity contribution in [1.82, 2.24) is 9.97 Å². The maximum absolute atomic E-state index is 5.59. The topological polar surface area (TPSA) is 25.8 Å². The van der Waals surface area contributed by atoms with Crippen LogP contribution in [0.3, 0.4) is 0 Å². The normalized spacial score (nSPS) is 12.8. The van der Waals surface area contributed by atoms with Crippen LogP contribution in [0.4, 0.5) is 0 Å². The highest BCUT2D eigenvalue weighted by Crippen LogP contribution is 2.61. The second-order valence-electron chi connectivity index (χ2n) is 18.0. The Morgan fingerprint density at radius 1 is 0.265 bits per heavy atom. The molecule has 0 radical (unpaired) electrons. The Morgan fingerprint density at radius 2 is 0.721 bits per heavy atom. The lowest BCUT2D eigenvalue weighted by Crippen LogP contribution is -2.29. The second kappa shape index (κ2) is 15.3. The third kappa shape index (κ3) is 5.89. The molecule has 2 aliphatic rings. The third-order valence-electron chi connectivity index (χ3n) is 14.3. The number of benzene rings is 10. The maximum Gasteiger partial charge on any atom is 0.160 e. The van der Waals surface area contributed by atoms with Crippen molar-refractivity contribution >= 4 is 31.5 Å². The highest BCUT2D eigenvalue weighted by Gasteiger charge is 2.49. The molecule has 0 N–H and O–H groups in total. The minimum absolute atomic E-state index is 0.561. The average Bonchev–Trinajstić information content (AvgIpc) is 3.91. The molecule has 12 aromatic rings. The highest BCUT2D eigenvalue weighted by atomic mass is 32.1. The summed E-state index contributed by atoms with van der Waals surface area (Å²) >= 11 is 1.84. The van der Waals surface area contributed by atoms with E-state index in [9.17, 15) is 0 Å². The summed E-state index contributed by atoms with van der Waals surface area (Å²) < 4.78 is 2.55. The molecular weight excluding hydrogens is 841 g/mol. The summed E-state index contributed by atoms with van der Waals surface area (Å²) in [5.74, 6) is 0.683. The number of aromatic nitrogens is 2. The van der Waals surface area contributed by atoms with E-state index in [1.165, 1.54) is 75.8 Å². The number of hydrogen-bond donors (Lipinski definition) is 0. The van der Waals surface area contributed by atoms with Gasteiger partial charge in [-0.05, 0) is 126 Å². The van der Waals surface area contributed by atoms with Crippen molar-refractivity contribution in [2.75, 3.05) is 0 Å². The van der Waals surface area contributed by atoms with Crippen LogP contribution in [0.15, 0.2) is 243 Å². The fraction of sp³-hybridized carbons (Fsp3) is 0.0154. The SMILES string of the molecule is c1ccc(-c2cc(-c3ccccc3)cc(-c3cc(-c4ccc5sc6ccccc6c5c4)nc(-c4ccc5c(c4)-c4ccccc4-c4ccccc4C54c5ccccc5-c5ccccc54)n3)c2)cc1. The van der Waals surface area contributed by atoms with Gasteiger partial charge in [-0.1, -0.05) is 194 Å². The maximum atomic E-state index is 5.59. The molecule has 0 saturated heterocycles. The van der Waals surface area contributed by atoms with E-state index in [1.807, 2.05) is 11.3 Å². The predicted octanol–water partition coefficient (Wildman–Crippen LogP) is 17.2. The van der Waals surface area contributed by atoms with Crippen LogP contribution in [0.5, 0.6) is 0 Å². The largest absolute Gasteiger partial charge is 0.228 e. The van der Waals surface area contributed by atoms with Crippen molar-refractivity contribution < 1.29 is 0 Å². The molecule has 2 nitrogen and oxygen atoms in total. The van der Waals surface area contributed by atoms with Gasteiger partial charge in [0.25, 0.3) is 0 Å². The zero-order chi connectivity index (χ0) is 44.8. The Hall–Kier alpha value is -8.50. The van der Waals surface area contributed by atoms with Crippen molar-refractivity contribution in [2.45, 2.75) is 5.41 Å². The van der Waals surface area contributed by atoms with Crippen molar-refractivity contribution in [3.05, 3.63) is 265 Å². The molecule has 68 heavy (non-hydrogen) atoms. The van der Waals surface area contributed by atoms with Gasteiger partial charge in [0.2, 0.25) is 0 Å². The summed E-state index contributed by atoms with van der Waals surface area (Å²) in [6.45, 7) is 0. The van der Waals surface area contributed by atoms with E-state index in [0.717, 1.165) is 50.3 Å². The van der Waals surface area contributed by atoms with Crippen molar-refractivity contribution in [3.63, 3.8) is 0 Å². The molecule has 2 heterocycles. The van der Waals surface area contributed by atoms with Gasteiger partial charge in [-0.15, -0.1) is 11.3 Å². The van der Waals surface area contributed by atoms with Gasteiger partial charge >= 0.3 is 0 Å². The lowest BCUT2D eigenvalue weighted by molar-refractivity contribution is 0.775. The van der Waals surface area contributed by atoms with Gasteiger partial charge in [0.05, 0.1) is 16.8 Å². The van der Waals surface area contributed by atoms with Crippen LogP contribution < -0.4 is 0 Å². The van der Waals surface area contributed by atoms with Gasteiger partial charge in [-0.3, -0.25) is 0 Å². The van der Waals surface area contributed by atoms with Gasteiger partial charge in [-0.25, -0.2) is 9.97 Å². The number of fused-ring (bicyclic) bond motifs is 15. The van der Waals surface area contributed by atoms with Crippen LogP contribution >= 0.6 is 11.3 Å². The summed E-state index contributed by atoms with van der Waals surface area (Å²) in [4.78, 5) is 11.1. The van der Waals surface area contributed by atoms with Gasteiger partial charge in [0, 0.05) is 36.9 Å². The van der Waals surface area contributed by atoms with Crippen LogP contribution in [0, 0.1) is 0 Å². The van der Waals surface area contributed by atoms with Gasteiger partial charge < -0.3 is 0 Å². The van der Waals surface area contributed by atoms with Crippen molar-refractivity contribution in [3.8, 4) is 89.5 Å². The fourth-order valence-corrected chi connectivity index (χ4v) is 12.4. The van der Waals surface area contributed by atoms with E-state index in [-0.39, 0.29) is 0 Å². The lowest BCUT2D eigenvalue weighted by atomic mass is 9.66. The Labute approximate surface area is 399 Å². The molecule has 14 rings (SSSR count). The summed E-state index contributed by atoms with van der Waals surface area (Å²) in [5.41, 5.74) is 21.4. The molecule has 0 fully saturated rings. The number of hydrogen-bond acceptors (Lipinski definition) is 3. The molecule has 0 bridgehead atoms. The van der Waals surface area contributed by atoms with E-state index >= 15 is 0 Å². The molecule has 0 unspecified atom stereocenters. The first kappa shape index (κ1) is 38.7. The molecule has 2 aromatic heterocycles. The molecule has 316 valence electrons. The zero-order valence-electron chi connectivity index (χ0n) is 36.9. The monoisotopic (exact) mass is 880 g/mol. The number of nitrogens with zero attached hydrogens (tertiary/aromatic N) is 2. The minimum Gasteiger partial charge on any atom is -0.228 e. The molecule has 2 aliphatic carbocycles. The van der Waals surface area contributed by atoms with E-state index in [2.05, 4.69) is 243 Å². The first-order valence-electron chi connectivity index (χ1n) is 23.3. The van der Waals surface area contributed by atoms with Crippen LogP contribution in [-0.2, 0) is 5.41 Å². The zero-order valence-corrected chi connectivity index (χ0v) is 37.7. The molecule has 0 atom stereocenters. The predicted molar refractivity (Wildman–Crippen MR) is 284 cm³/mol. The molecule has 3 heteroatoms. The van der Waals surface area contributed by atoms with Crippen LogP contribution in [0.25, 0.3) is 110 Å². The summed E-state index contributed by atoms with van der Waals surface area (Å²) in [6, 6.07) is 89.0. The molecular formula is C65H40N2S. The van der Waals surface area contributed by atoms with Crippen LogP contribution in [0.2, 0.25) is 0 Å². The van der Waals surface area contributed by atoms with Gasteiger partial charge in [0.1, 0.15) is 0 Å². The van der Waals surface area contributed by atoms with Crippen molar-refractivity contribution in [2.24, 2.45) is 0 Å². The second-order valence-corrected chi connectivity index (χ2v) is 19.1. The smallest absolute Gasteiger partial charge is 0.160 e. The van der Waals surface area contributed by atoms with Gasteiger partial charge in [0.15, 0.2) is 5.82 Å². The molecule has 1 spiro atoms. The summed E-state index contributed by atoms with van der Waals surface area (Å²) in [6.07, 6.45) is 0. The standard InChI is InChI=1S/C65H40N2S/c1-3-17-41(18-4-1)45-35-46(42-19-5-2-6-20-42)37-47(36-45)61-40-60(43-32-34-63-55(38-43)53-26-12-16-30-62(53)68-63)66-64(67-61)44-31-33-59-54(39-44)49-22-8-7-21-48(49)50-23-9-13-27-56(50)65(59)57-28-14-10-24-51(57)52-25-11-15-29-58(52)65/h1-40H. The summed E-state index contributed by atoms with van der Waals surface area (Å²) in [5, 5.41) is 2.51. The van der Waals surface area contributed by atoms with E-state index in [4.69, 9.17) is 9.97 Å². The number of thiophene rings is 1. The lowest BCUT2D eigenvalue weighted by Gasteiger charge is -2.35. The Bertz CT molecular complexity index is 3870. The average molecular weight is 881 g/mol. The quantitative estimate of drug-likeness (QED) is 0.172. The molecule has 0 aliphatic heterocycles. The Balaban J connectivity index is 1.04. The molecule has 10 aromatic carbocycles. The minimum atomic E-state index is -0.561. The van der Waals surface area contributed by atoms with Gasteiger partial charge in [-0.2, -0.15) is 0 Å². The Kier molecular flexibility index (Phi) is 8.71. The van der Waals surface area contributed by atoms with E-state index in [0.29, 0.717) is 5.82 Å².